The molecule has 4 nitrogen and oxygen atoms in total. The lowest BCUT2D eigenvalue weighted by Crippen LogP contribution is -2.38. The van der Waals surface area contributed by atoms with E-state index in [1.807, 2.05) is 52.4 Å². The van der Waals surface area contributed by atoms with E-state index < -0.39 is 0 Å². The molecule has 0 fully saturated rings. The summed E-state index contributed by atoms with van der Waals surface area (Å²) in [4.78, 5) is 14.1. The van der Waals surface area contributed by atoms with Gasteiger partial charge in [0.15, 0.2) is 3.95 Å². The van der Waals surface area contributed by atoms with Gasteiger partial charge in [0, 0.05) is 10.6 Å². The lowest BCUT2D eigenvalue weighted by atomic mass is 10.2. The predicted molar refractivity (Wildman–Crippen MR) is 92.6 cm³/mol. The molecule has 0 unspecified atom stereocenters. The highest BCUT2D eigenvalue weighted by molar-refractivity contribution is 7.73. The molecular formula is C15H11N3OS3. The second-order valence-electron chi connectivity index (χ2n) is 4.78. The van der Waals surface area contributed by atoms with Gasteiger partial charge >= 0.3 is 0 Å². The molecule has 0 saturated carbocycles. The molecule has 3 aromatic rings. The molecular weight excluding hydrogens is 334 g/mol. The summed E-state index contributed by atoms with van der Waals surface area (Å²) in [5, 5.41) is 8.38. The molecule has 1 atom stereocenters. The number of carbonyl (C=O) groups is 1. The summed E-state index contributed by atoms with van der Waals surface area (Å²) in [6.45, 7) is 0. The van der Waals surface area contributed by atoms with Gasteiger partial charge in [0.05, 0.1) is 0 Å². The van der Waals surface area contributed by atoms with Gasteiger partial charge in [0.25, 0.3) is 5.91 Å². The fourth-order valence-electron chi connectivity index (χ4n) is 2.44. The first-order chi connectivity index (χ1) is 10.7. The van der Waals surface area contributed by atoms with E-state index >= 15 is 0 Å². The lowest BCUT2D eigenvalue weighted by Gasteiger charge is -2.26. The van der Waals surface area contributed by atoms with Gasteiger partial charge < -0.3 is 10.6 Å². The van der Waals surface area contributed by atoms with Gasteiger partial charge in [-0.3, -0.25) is 9.36 Å². The molecule has 4 rings (SSSR count). The fourth-order valence-corrected chi connectivity index (χ4v) is 4.47. The maximum atomic E-state index is 12.4. The quantitative estimate of drug-likeness (QED) is 0.685. The number of hydrogen-bond donors (Lipinski definition) is 2. The van der Waals surface area contributed by atoms with E-state index in [9.17, 15) is 4.79 Å². The first-order valence-electron chi connectivity index (χ1n) is 6.66. The molecule has 110 valence electrons. The van der Waals surface area contributed by atoms with Crippen molar-refractivity contribution in [2.24, 2.45) is 0 Å². The Kier molecular flexibility index (Phi) is 3.33. The Hall–Kier alpha value is -1.96. The van der Waals surface area contributed by atoms with Crippen LogP contribution in [-0.4, -0.2) is 10.5 Å². The highest BCUT2D eigenvalue weighted by Crippen LogP contribution is 2.35. The third-order valence-electron chi connectivity index (χ3n) is 3.42. The minimum absolute atomic E-state index is 0.0852. The number of thiazole rings is 1. The minimum Gasteiger partial charge on any atom is -0.345 e. The van der Waals surface area contributed by atoms with Crippen LogP contribution in [0.1, 0.15) is 20.7 Å². The van der Waals surface area contributed by atoms with Crippen LogP contribution in [0.25, 0.3) is 5.69 Å². The first-order valence-corrected chi connectivity index (χ1v) is 8.76. The Morgan fingerprint density at radius 3 is 2.64 bits per heavy atom. The number of benzene rings is 1. The van der Waals surface area contributed by atoms with Crippen LogP contribution in [0.15, 0.2) is 47.8 Å². The van der Waals surface area contributed by atoms with Crippen molar-refractivity contribution in [3.63, 3.8) is 0 Å². The molecule has 0 aliphatic carbocycles. The Balaban J connectivity index is 1.85. The van der Waals surface area contributed by atoms with Gasteiger partial charge in [0.2, 0.25) is 0 Å². The second-order valence-corrected chi connectivity index (χ2v) is 7.41. The zero-order valence-corrected chi connectivity index (χ0v) is 13.7. The maximum Gasteiger partial charge on any atom is 0.267 e. The number of hydrogen-bond acceptors (Lipinski definition) is 5. The van der Waals surface area contributed by atoms with Crippen LogP contribution in [0.2, 0.25) is 0 Å². The average Bonchev–Trinajstić information content (AvgIpc) is 3.15. The number of amides is 1. The van der Waals surface area contributed by atoms with Gasteiger partial charge in [0.1, 0.15) is 16.9 Å². The number of nitrogens with zero attached hydrogens (tertiary/aromatic N) is 1. The molecule has 0 saturated heterocycles. The highest BCUT2D eigenvalue weighted by atomic mass is 32.1. The van der Waals surface area contributed by atoms with Crippen molar-refractivity contribution >= 4 is 46.6 Å². The van der Waals surface area contributed by atoms with E-state index in [1.54, 1.807) is 11.3 Å². The predicted octanol–water partition coefficient (Wildman–Crippen LogP) is 4.18. The molecule has 1 aliphatic heterocycles. The average molecular weight is 345 g/mol. The number of nitrogens with one attached hydrogen (secondary N) is 2. The first kappa shape index (κ1) is 13.7. The lowest BCUT2D eigenvalue weighted by molar-refractivity contribution is 0.0940. The van der Waals surface area contributed by atoms with Crippen LogP contribution in [0.4, 0.5) is 5.82 Å². The van der Waals surface area contributed by atoms with Crippen LogP contribution >= 0.6 is 34.9 Å². The summed E-state index contributed by atoms with van der Waals surface area (Å²) in [6.07, 6.45) is -0.223. The Labute approximate surface area is 140 Å². The Bertz CT molecular complexity index is 881. The molecule has 2 N–H and O–H groups in total. The molecule has 7 heteroatoms. The molecule has 0 spiro atoms. The second kappa shape index (κ2) is 5.35. The van der Waals surface area contributed by atoms with Crippen LogP contribution in [0.3, 0.4) is 0 Å². The zero-order valence-electron chi connectivity index (χ0n) is 11.3. The largest absolute Gasteiger partial charge is 0.345 e. The van der Waals surface area contributed by atoms with E-state index in [0.717, 1.165) is 16.4 Å². The summed E-state index contributed by atoms with van der Waals surface area (Å²) < 4.78 is 2.58. The summed E-state index contributed by atoms with van der Waals surface area (Å²) in [7, 11) is 0. The fraction of sp³-hybridized carbons (Fsp3) is 0.0667. The van der Waals surface area contributed by atoms with Gasteiger partial charge in [-0.15, -0.1) is 11.3 Å². The van der Waals surface area contributed by atoms with Crippen LogP contribution in [0, 0.1) is 3.95 Å². The maximum absolute atomic E-state index is 12.4. The van der Waals surface area contributed by atoms with Crippen molar-refractivity contribution < 1.29 is 4.79 Å². The summed E-state index contributed by atoms with van der Waals surface area (Å²) in [5.41, 5.74) is 0.956. The van der Waals surface area contributed by atoms with Crippen LogP contribution in [-0.2, 0) is 0 Å². The monoisotopic (exact) mass is 345 g/mol. The van der Waals surface area contributed by atoms with Crippen molar-refractivity contribution in [2.45, 2.75) is 6.17 Å². The third kappa shape index (κ3) is 2.18. The van der Waals surface area contributed by atoms with Gasteiger partial charge in [-0.05, 0) is 35.8 Å². The van der Waals surface area contributed by atoms with Crippen molar-refractivity contribution in [2.75, 3.05) is 5.32 Å². The summed E-state index contributed by atoms with van der Waals surface area (Å²) in [6, 6.07) is 13.8. The van der Waals surface area contributed by atoms with Crippen molar-refractivity contribution in [1.29, 1.82) is 0 Å². The van der Waals surface area contributed by atoms with Crippen molar-refractivity contribution in [3.05, 3.63) is 61.6 Å². The molecule has 3 heterocycles. The Morgan fingerprint density at radius 1 is 1.09 bits per heavy atom. The summed E-state index contributed by atoms with van der Waals surface area (Å²) in [5.74, 6) is 0.682. The van der Waals surface area contributed by atoms with E-state index in [0.29, 0.717) is 8.83 Å². The standard InChI is InChI=1S/C15H11N3OS3/c19-14-11-13(16-12(17-14)10-7-4-8-21-10)18(15(20)22-11)9-5-2-1-3-6-9/h1-8,12,16H,(H,17,19)/t12-/m0/s1. The third-order valence-corrected chi connectivity index (χ3v) is 5.73. The smallest absolute Gasteiger partial charge is 0.267 e. The summed E-state index contributed by atoms with van der Waals surface area (Å²) >= 11 is 8.39. The molecule has 2 aromatic heterocycles. The number of para-hydroxylation sites is 1. The highest BCUT2D eigenvalue weighted by Gasteiger charge is 2.30. The van der Waals surface area contributed by atoms with E-state index in [-0.39, 0.29) is 12.1 Å². The normalized spacial score (nSPS) is 16.7. The SMILES string of the molecule is O=C1N[C@@H](c2cccs2)Nc2c1sc(=S)n2-c1ccccc1. The molecule has 22 heavy (non-hydrogen) atoms. The van der Waals surface area contributed by atoms with E-state index in [1.165, 1.54) is 11.3 Å². The number of rotatable bonds is 2. The molecule has 1 aliphatic rings. The van der Waals surface area contributed by atoms with Gasteiger partial charge in [-0.1, -0.05) is 35.6 Å². The van der Waals surface area contributed by atoms with E-state index in [4.69, 9.17) is 12.2 Å². The molecule has 0 bridgehead atoms. The molecule has 0 radical (unpaired) electrons. The minimum atomic E-state index is -0.223. The number of fused-ring (bicyclic) bond motifs is 1. The van der Waals surface area contributed by atoms with Crippen molar-refractivity contribution in [1.82, 2.24) is 9.88 Å². The van der Waals surface area contributed by atoms with Gasteiger partial charge in [-0.2, -0.15) is 0 Å². The number of aromatic nitrogens is 1. The van der Waals surface area contributed by atoms with Crippen molar-refractivity contribution in [3.8, 4) is 5.69 Å². The number of carbonyl (C=O) groups excluding carboxylic acids is 1. The van der Waals surface area contributed by atoms with Crippen LogP contribution < -0.4 is 10.6 Å². The number of anilines is 1. The zero-order chi connectivity index (χ0) is 15.1. The molecule has 1 aromatic carbocycles. The van der Waals surface area contributed by atoms with Crippen LogP contribution in [0.5, 0.6) is 0 Å². The topological polar surface area (TPSA) is 46.1 Å². The van der Waals surface area contributed by atoms with E-state index in [2.05, 4.69) is 10.6 Å². The number of thiophene rings is 1. The van der Waals surface area contributed by atoms with Gasteiger partial charge in [-0.25, -0.2) is 0 Å². The molecule has 1 amide bonds. The Morgan fingerprint density at radius 2 is 1.91 bits per heavy atom.